The van der Waals surface area contributed by atoms with Crippen molar-refractivity contribution in [2.75, 3.05) is 38.0 Å². The second-order valence-corrected chi connectivity index (χ2v) is 9.54. The molecule has 1 aliphatic heterocycles. The average Bonchev–Trinajstić information content (AvgIpc) is 3.38. The molecule has 4 rings (SSSR count). The highest BCUT2D eigenvalue weighted by Crippen LogP contribution is 2.28. The van der Waals surface area contributed by atoms with E-state index in [2.05, 4.69) is 10.6 Å². The van der Waals surface area contributed by atoms with Crippen LogP contribution < -0.4 is 20.1 Å². The Labute approximate surface area is 232 Å². The molecule has 3 amide bonds. The second-order valence-electron chi connectivity index (χ2n) is 9.54. The Hall–Kier alpha value is -4.57. The third-order valence-corrected chi connectivity index (χ3v) is 6.84. The van der Waals surface area contributed by atoms with Gasteiger partial charge in [-0.3, -0.25) is 4.79 Å². The largest absolute Gasteiger partial charge is 0.495 e. The Morgan fingerprint density at radius 2 is 1.70 bits per heavy atom. The molecule has 0 aliphatic carbocycles. The standard InChI is InChI=1S/C30H33N3O7/c1-19-6-4-5-7-25(19)31-30(37)32-26-13-8-20(14-27(26)39-3)15-28(34)33-17-24(38-2)16-22(33)18-40-23-11-9-21(10-12-23)29(35)36/h4-14,22,24H,15-18H2,1-3H3,(H,35,36)(H2,31,32,37). The van der Waals surface area contributed by atoms with Crippen LogP contribution in [-0.4, -0.2) is 67.4 Å². The maximum atomic E-state index is 13.3. The SMILES string of the molecule is COc1cc(CC(=O)N2CC(OC)CC2COc2ccc(C(=O)O)cc2)ccc1NC(=O)Nc1ccccc1C. The number of nitrogens with zero attached hydrogens (tertiary/aromatic N) is 1. The summed E-state index contributed by atoms with van der Waals surface area (Å²) < 4.78 is 16.9. The van der Waals surface area contributed by atoms with Crippen molar-refractivity contribution in [3.05, 3.63) is 83.4 Å². The highest BCUT2D eigenvalue weighted by Gasteiger charge is 2.35. The number of methoxy groups -OCH3 is 2. The Kier molecular flexibility index (Phi) is 9.23. The van der Waals surface area contributed by atoms with Gasteiger partial charge in [0.25, 0.3) is 0 Å². The van der Waals surface area contributed by atoms with E-state index in [0.717, 1.165) is 11.1 Å². The molecule has 3 aromatic rings. The van der Waals surface area contributed by atoms with Crippen LogP contribution in [0.15, 0.2) is 66.7 Å². The predicted molar refractivity (Wildman–Crippen MR) is 150 cm³/mol. The smallest absolute Gasteiger partial charge is 0.335 e. The maximum absolute atomic E-state index is 13.3. The van der Waals surface area contributed by atoms with Crippen LogP contribution in [0.25, 0.3) is 0 Å². The lowest BCUT2D eigenvalue weighted by Gasteiger charge is -2.25. The van der Waals surface area contributed by atoms with Crippen molar-refractivity contribution in [2.45, 2.75) is 31.9 Å². The number of aromatic carboxylic acids is 1. The molecular weight excluding hydrogens is 514 g/mol. The number of hydrogen-bond donors (Lipinski definition) is 3. The first kappa shape index (κ1) is 28.4. The van der Waals surface area contributed by atoms with E-state index in [9.17, 15) is 14.4 Å². The number of nitrogens with one attached hydrogen (secondary N) is 2. The molecule has 0 spiro atoms. The molecule has 3 aromatic carbocycles. The van der Waals surface area contributed by atoms with E-state index in [0.29, 0.717) is 35.8 Å². The first-order valence-electron chi connectivity index (χ1n) is 12.9. The zero-order chi connectivity index (χ0) is 28.6. The lowest BCUT2D eigenvalue weighted by Crippen LogP contribution is -2.40. The fraction of sp³-hybridized carbons (Fsp3) is 0.300. The summed E-state index contributed by atoms with van der Waals surface area (Å²) >= 11 is 0. The van der Waals surface area contributed by atoms with Crippen LogP contribution in [0.1, 0.15) is 27.9 Å². The van der Waals surface area contributed by atoms with E-state index >= 15 is 0 Å². The quantitative estimate of drug-likeness (QED) is 0.339. The number of anilines is 2. The molecule has 10 heteroatoms. The van der Waals surface area contributed by atoms with Gasteiger partial charge in [0.2, 0.25) is 5.91 Å². The minimum absolute atomic E-state index is 0.0885. The number of benzene rings is 3. The molecule has 40 heavy (non-hydrogen) atoms. The van der Waals surface area contributed by atoms with Gasteiger partial charge in [0, 0.05) is 19.3 Å². The number of hydrogen-bond acceptors (Lipinski definition) is 6. The molecule has 0 saturated carbocycles. The summed E-state index contributed by atoms with van der Waals surface area (Å²) in [6.07, 6.45) is 0.643. The van der Waals surface area contributed by atoms with E-state index < -0.39 is 12.0 Å². The van der Waals surface area contributed by atoms with Crippen molar-refractivity contribution in [2.24, 2.45) is 0 Å². The minimum atomic E-state index is -1.01. The number of carboxylic acids is 1. The molecule has 1 aliphatic rings. The van der Waals surface area contributed by atoms with Crippen molar-refractivity contribution < 1.29 is 33.7 Å². The van der Waals surface area contributed by atoms with Crippen molar-refractivity contribution >= 4 is 29.3 Å². The molecule has 210 valence electrons. The van der Waals surface area contributed by atoms with Crippen LogP contribution in [0.3, 0.4) is 0 Å². The Morgan fingerprint density at radius 1 is 0.975 bits per heavy atom. The summed E-state index contributed by atoms with van der Waals surface area (Å²) in [5.41, 5.74) is 3.03. The van der Waals surface area contributed by atoms with Gasteiger partial charge < -0.3 is 34.9 Å². The van der Waals surface area contributed by atoms with Gasteiger partial charge in [0.05, 0.1) is 36.9 Å². The van der Waals surface area contributed by atoms with Crippen molar-refractivity contribution in [1.82, 2.24) is 4.90 Å². The van der Waals surface area contributed by atoms with Crippen molar-refractivity contribution in [1.29, 1.82) is 0 Å². The molecule has 2 atom stereocenters. The van der Waals surface area contributed by atoms with Gasteiger partial charge in [-0.25, -0.2) is 9.59 Å². The summed E-state index contributed by atoms with van der Waals surface area (Å²) in [5, 5.41) is 14.7. The van der Waals surface area contributed by atoms with Gasteiger partial charge >= 0.3 is 12.0 Å². The van der Waals surface area contributed by atoms with E-state index in [1.54, 1.807) is 42.3 Å². The number of ether oxygens (including phenoxy) is 3. The number of carbonyl (C=O) groups excluding carboxylic acids is 2. The number of para-hydroxylation sites is 1. The fourth-order valence-corrected chi connectivity index (χ4v) is 4.61. The van der Waals surface area contributed by atoms with E-state index in [4.69, 9.17) is 19.3 Å². The third kappa shape index (κ3) is 7.09. The van der Waals surface area contributed by atoms with Crippen LogP contribution in [-0.2, 0) is 16.0 Å². The topological polar surface area (TPSA) is 126 Å². The summed E-state index contributed by atoms with van der Waals surface area (Å²) in [5.74, 6) is -0.133. The lowest BCUT2D eigenvalue weighted by molar-refractivity contribution is -0.132. The number of urea groups is 1. The van der Waals surface area contributed by atoms with Gasteiger partial charge in [0.15, 0.2) is 0 Å². The lowest BCUT2D eigenvalue weighted by atomic mass is 10.1. The molecule has 0 aromatic heterocycles. The Balaban J connectivity index is 1.39. The molecule has 1 fully saturated rings. The van der Waals surface area contributed by atoms with Gasteiger partial charge in [-0.05, 0) is 66.9 Å². The van der Waals surface area contributed by atoms with Crippen LogP contribution in [0.5, 0.6) is 11.5 Å². The summed E-state index contributed by atoms with van der Waals surface area (Å²) in [4.78, 5) is 38.7. The number of likely N-dealkylation sites (tertiary alicyclic amines) is 1. The average molecular weight is 548 g/mol. The molecule has 2 unspecified atom stereocenters. The predicted octanol–water partition coefficient (Wildman–Crippen LogP) is 4.58. The van der Waals surface area contributed by atoms with Crippen LogP contribution in [0.2, 0.25) is 0 Å². The van der Waals surface area contributed by atoms with Crippen LogP contribution in [0, 0.1) is 6.92 Å². The number of rotatable bonds is 10. The zero-order valence-electron chi connectivity index (χ0n) is 22.7. The number of carboxylic acid groups (broad SMARTS) is 1. The normalized spacial score (nSPS) is 16.3. The highest BCUT2D eigenvalue weighted by atomic mass is 16.5. The number of aryl methyl sites for hydroxylation is 1. The Morgan fingerprint density at radius 3 is 2.38 bits per heavy atom. The Bertz CT molecular complexity index is 1360. The summed E-state index contributed by atoms with van der Waals surface area (Å²) in [7, 11) is 3.12. The summed E-state index contributed by atoms with van der Waals surface area (Å²) in [6, 6.07) is 18.2. The minimum Gasteiger partial charge on any atom is -0.495 e. The van der Waals surface area contributed by atoms with Crippen LogP contribution in [0.4, 0.5) is 16.2 Å². The molecular formula is C30H33N3O7. The van der Waals surface area contributed by atoms with Gasteiger partial charge in [-0.15, -0.1) is 0 Å². The highest BCUT2D eigenvalue weighted by molar-refractivity contribution is 6.01. The fourth-order valence-electron chi connectivity index (χ4n) is 4.61. The van der Waals surface area contributed by atoms with Crippen molar-refractivity contribution in [3.8, 4) is 11.5 Å². The maximum Gasteiger partial charge on any atom is 0.335 e. The van der Waals surface area contributed by atoms with Gasteiger partial charge in [0.1, 0.15) is 18.1 Å². The number of carbonyl (C=O) groups is 3. The first-order chi connectivity index (χ1) is 19.3. The zero-order valence-corrected chi connectivity index (χ0v) is 22.7. The van der Waals surface area contributed by atoms with Crippen molar-refractivity contribution in [3.63, 3.8) is 0 Å². The molecule has 3 N–H and O–H groups in total. The monoisotopic (exact) mass is 547 g/mol. The molecule has 1 heterocycles. The number of amides is 3. The summed E-state index contributed by atoms with van der Waals surface area (Å²) in [6.45, 7) is 2.60. The second kappa shape index (κ2) is 13.0. The van der Waals surface area contributed by atoms with Crippen LogP contribution >= 0.6 is 0 Å². The molecule has 10 nitrogen and oxygen atoms in total. The van der Waals surface area contributed by atoms with Gasteiger partial charge in [-0.1, -0.05) is 24.3 Å². The van der Waals surface area contributed by atoms with E-state index in [1.165, 1.54) is 19.2 Å². The third-order valence-electron chi connectivity index (χ3n) is 6.84. The first-order valence-corrected chi connectivity index (χ1v) is 12.9. The van der Waals surface area contributed by atoms with E-state index in [-0.39, 0.29) is 36.6 Å². The van der Waals surface area contributed by atoms with E-state index in [1.807, 2.05) is 31.2 Å². The molecule has 0 radical (unpaired) electrons. The molecule has 0 bridgehead atoms. The van der Waals surface area contributed by atoms with Gasteiger partial charge in [-0.2, -0.15) is 0 Å². The molecule has 1 saturated heterocycles.